The molecule has 0 spiro atoms. The fourth-order valence-corrected chi connectivity index (χ4v) is 6.66. The van der Waals surface area contributed by atoms with Crippen LogP contribution < -0.4 is 10.5 Å². The smallest absolute Gasteiger partial charge is 0.335 e. The van der Waals surface area contributed by atoms with Crippen LogP contribution >= 0.6 is 10.7 Å². The van der Waals surface area contributed by atoms with Gasteiger partial charge in [-0.3, -0.25) is 4.72 Å². The molecule has 64 heavy (non-hydrogen) atoms. The number of nitrogen functional groups attached to an aromatic ring is 1. The van der Waals surface area contributed by atoms with Gasteiger partial charge >= 0.3 is 11.9 Å². The van der Waals surface area contributed by atoms with Crippen LogP contribution in [0.5, 0.6) is 0 Å². The molecular weight excluding hydrogens is 943 g/mol. The number of aliphatic hydroxyl groups is 3. The number of sulfonamides is 1. The van der Waals surface area contributed by atoms with E-state index in [0.29, 0.717) is 6.07 Å². The second kappa shape index (κ2) is 23.1. The first-order valence-corrected chi connectivity index (χ1v) is 20.6. The van der Waals surface area contributed by atoms with E-state index in [4.69, 9.17) is 41.9 Å². The molecule has 25 heteroatoms. The molecule has 0 amide bonds. The Labute approximate surface area is 363 Å². The fourth-order valence-electron chi connectivity index (χ4n) is 4.76. The van der Waals surface area contributed by atoms with Crippen LogP contribution in [0.25, 0.3) is 0 Å². The van der Waals surface area contributed by atoms with Crippen molar-refractivity contribution in [1.82, 2.24) is 0 Å². The molecule has 8 N–H and O–H groups in total. The number of aliphatic hydroxyl groups excluding tert-OH is 3. The maximum atomic E-state index is 14.2. The molecule has 13 nitrogen and oxygen atoms in total. The highest BCUT2D eigenvalue weighted by atomic mass is 35.7. The zero-order chi connectivity index (χ0) is 48.5. The number of anilines is 2. The second-order valence-corrected chi connectivity index (χ2v) is 16.6. The molecule has 0 fully saturated rings. The molecule has 0 aliphatic heterocycles. The Kier molecular flexibility index (Phi) is 20.3. The molecule has 5 aromatic carbocycles. The molecule has 0 atom stereocenters. The van der Waals surface area contributed by atoms with Crippen molar-refractivity contribution in [3.63, 3.8) is 0 Å². The molecule has 350 valence electrons. The van der Waals surface area contributed by atoms with Gasteiger partial charge in [-0.15, -0.1) is 0 Å². The molecule has 0 saturated heterocycles. The summed E-state index contributed by atoms with van der Waals surface area (Å²) in [5.41, 5.74) is -0.712. The van der Waals surface area contributed by atoms with Crippen molar-refractivity contribution in [3.05, 3.63) is 151 Å². The summed E-state index contributed by atoms with van der Waals surface area (Å²) < 4.78 is 167. The molecular formula is C39H36ClF9N2O11S2. The van der Waals surface area contributed by atoms with Crippen LogP contribution in [0.1, 0.15) is 61.5 Å². The predicted molar refractivity (Wildman–Crippen MR) is 213 cm³/mol. The molecule has 0 bridgehead atoms. The Morgan fingerprint density at radius 2 is 0.984 bits per heavy atom. The summed E-state index contributed by atoms with van der Waals surface area (Å²) in [7, 11) is -3.40. The van der Waals surface area contributed by atoms with Gasteiger partial charge in [0.15, 0.2) is 23.3 Å². The molecule has 5 aromatic rings. The molecule has 0 unspecified atom stereocenters. The molecule has 0 aliphatic rings. The minimum absolute atomic E-state index is 0. The van der Waals surface area contributed by atoms with E-state index in [1.54, 1.807) is 4.72 Å². The second-order valence-electron chi connectivity index (χ2n) is 12.3. The summed E-state index contributed by atoms with van der Waals surface area (Å²) in [6.45, 7) is 0.540. The van der Waals surface area contributed by atoms with Crippen molar-refractivity contribution in [1.29, 1.82) is 0 Å². The maximum absolute atomic E-state index is 14.2. The van der Waals surface area contributed by atoms with Crippen LogP contribution in [0, 0.1) is 73.1 Å². The highest BCUT2D eigenvalue weighted by molar-refractivity contribution is 8.13. The third-order valence-corrected chi connectivity index (χ3v) is 10.9. The third kappa shape index (κ3) is 13.3. The molecule has 0 aliphatic carbocycles. The van der Waals surface area contributed by atoms with Gasteiger partial charge < -0.3 is 31.3 Å². The van der Waals surface area contributed by atoms with E-state index < -0.39 is 142 Å². The molecule has 0 radical (unpaired) electrons. The largest absolute Gasteiger partial charge is 0.478 e. The Morgan fingerprint density at radius 1 is 0.578 bits per heavy atom. The Hall–Kier alpha value is -5.92. The monoisotopic (exact) mass is 978 g/mol. The van der Waals surface area contributed by atoms with Gasteiger partial charge in [0.2, 0.25) is 0 Å². The minimum Gasteiger partial charge on any atom is -0.478 e. The summed E-state index contributed by atoms with van der Waals surface area (Å²) in [5, 5.41) is 43.5. The van der Waals surface area contributed by atoms with E-state index in [1.807, 2.05) is 0 Å². The average molecular weight is 979 g/mol. The normalized spacial score (nSPS) is 10.8. The summed E-state index contributed by atoms with van der Waals surface area (Å²) in [6, 6.07) is 9.49. The van der Waals surface area contributed by atoms with Crippen molar-refractivity contribution < 1.29 is 91.5 Å². The highest BCUT2D eigenvalue weighted by Gasteiger charge is 2.27. The van der Waals surface area contributed by atoms with E-state index in [0.717, 1.165) is 44.2 Å². The molecule has 0 saturated carbocycles. The van der Waals surface area contributed by atoms with Gasteiger partial charge in [0, 0.05) is 39.0 Å². The summed E-state index contributed by atoms with van der Waals surface area (Å²) in [5.74, 6) is -13.5. The number of nitrogens with two attached hydrogens (primary N) is 1. The van der Waals surface area contributed by atoms with Crippen molar-refractivity contribution in [2.75, 3.05) is 10.5 Å². The van der Waals surface area contributed by atoms with E-state index in [9.17, 15) is 65.9 Å². The highest BCUT2D eigenvalue weighted by Crippen LogP contribution is 2.31. The van der Waals surface area contributed by atoms with Crippen molar-refractivity contribution in [2.24, 2.45) is 0 Å². The fraction of sp³-hybridized carbons (Fsp3) is 0.179. The van der Waals surface area contributed by atoms with Gasteiger partial charge in [-0.1, -0.05) is 19.6 Å². The van der Waals surface area contributed by atoms with E-state index in [-0.39, 0.29) is 34.6 Å². The number of hydrogen-bond donors (Lipinski definition) is 7. The number of carboxylic acids is 2. The first kappa shape index (κ1) is 56.1. The minimum atomic E-state index is -4.57. The van der Waals surface area contributed by atoms with Crippen molar-refractivity contribution in [2.45, 2.75) is 57.8 Å². The first-order valence-electron chi connectivity index (χ1n) is 16.8. The summed E-state index contributed by atoms with van der Waals surface area (Å²) in [6.07, 6.45) is 0. The van der Waals surface area contributed by atoms with Gasteiger partial charge in [0.1, 0.15) is 40.5 Å². The lowest BCUT2D eigenvalue weighted by Gasteiger charge is -2.15. The third-order valence-electron chi connectivity index (χ3n) is 8.25. The van der Waals surface area contributed by atoms with Gasteiger partial charge in [0.25, 0.3) is 19.1 Å². The zero-order valence-corrected chi connectivity index (χ0v) is 34.6. The molecule has 0 aromatic heterocycles. The Morgan fingerprint density at radius 3 is 1.42 bits per heavy atom. The van der Waals surface area contributed by atoms with Crippen LogP contribution in [-0.4, -0.2) is 54.3 Å². The summed E-state index contributed by atoms with van der Waals surface area (Å²) in [4.78, 5) is 20.6. The Balaban J connectivity index is 0.000000450. The topological polar surface area (TPSA) is 242 Å². The van der Waals surface area contributed by atoms with Gasteiger partial charge in [0.05, 0.1) is 51.9 Å². The van der Waals surface area contributed by atoms with Gasteiger partial charge in [-0.25, -0.2) is 65.9 Å². The number of carbonyl (C=O) groups is 2. The van der Waals surface area contributed by atoms with Crippen molar-refractivity contribution >= 4 is 53.1 Å². The van der Waals surface area contributed by atoms with Crippen LogP contribution in [-0.2, 0) is 38.9 Å². The number of benzene rings is 5. The number of halogens is 10. The first-order chi connectivity index (χ1) is 29.1. The lowest BCUT2D eigenvalue weighted by molar-refractivity contribution is 0.0685. The number of carboxylic acid groups (broad SMARTS) is 2. The Bertz CT molecular complexity index is 2750. The number of hydrogen-bond acceptors (Lipinski definition) is 10. The van der Waals surface area contributed by atoms with Crippen LogP contribution in [0.3, 0.4) is 0 Å². The van der Waals surface area contributed by atoms with Crippen LogP contribution in [0.15, 0.2) is 64.4 Å². The van der Waals surface area contributed by atoms with Crippen molar-refractivity contribution in [3.8, 4) is 0 Å². The van der Waals surface area contributed by atoms with Crippen LogP contribution in [0.4, 0.5) is 50.9 Å². The number of rotatable bonds is 9. The predicted octanol–water partition coefficient (Wildman–Crippen LogP) is 7.74. The quantitative estimate of drug-likeness (QED) is 0.0426. The number of aromatic carboxylic acids is 2. The van der Waals surface area contributed by atoms with E-state index in [2.05, 4.69) is 0 Å². The van der Waals surface area contributed by atoms with E-state index >= 15 is 0 Å². The van der Waals surface area contributed by atoms with Crippen LogP contribution in [0.2, 0.25) is 0 Å². The standard InChI is InChI=1S/C15H12F3NO5S.C8H8F3NO.C8H7F3O.C7H5ClO4S.CH4/c1-7-11(16)10(6-20)13(18)14(12(7)17)19-25(23,24)9-4-2-3-8(5-9)15(21)22;1-3-5(9)4(2-13)7(11)8(12)6(3)10;1-4-6(9)2-7(10)5(3-12)8(4)11;8-13(11,12)6-3-1-2-5(4-6)7(9)10;/h2-5,19-20H,6H2,1H3,(H,21,22);13H,2,12H2,1H3;2,12H,3H2,1H3;1-4H,(H,9,10);1H4. The van der Waals surface area contributed by atoms with Gasteiger partial charge in [-0.2, -0.15) is 0 Å². The number of nitrogens with one attached hydrogen (secondary N) is 1. The molecule has 5 rings (SSSR count). The zero-order valence-electron chi connectivity index (χ0n) is 32.2. The lowest BCUT2D eigenvalue weighted by atomic mass is 10.1. The SMILES string of the molecule is C.Cc1c(F)c(CO)c(F)c(NS(=O)(=O)c2cccc(C(=O)O)c2)c1F.Cc1c(F)c(N)c(F)c(CO)c1F.Cc1c(F)cc(F)c(CO)c1F.O=C(O)c1cccc(S(=O)(=O)Cl)c1. The lowest BCUT2D eigenvalue weighted by Crippen LogP contribution is -2.18. The average Bonchev–Trinajstić information content (AvgIpc) is 3.23. The maximum Gasteiger partial charge on any atom is 0.335 e. The van der Waals surface area contributed by atoms with Gasteiger partial charge in [-0.05, 0) is 57.2 Å². The molecule has 0 heterocycles. The van der Waals surface area contributed by atoms with E-state index in [1.165, 1.54) is 25.1 Å². The summed E-state index contributed by atoms with van der Waals surface area (Å²) >= 11 is 0.